The van der Waals surface area contributed by atoms with E-state index in [0.717, 1.165) is 16.4 Å². The molecule has 0 radical (unpaired) electrons. The maximum Gasteiger partial charge on any atom is 0.213 e. The zero-order valence-corrected chi connectivity index (χ0v) is 12.9. The number of hydrogen-bond donors (Lipinski definition) is 0. The Morgan fingerprint density at radius 3 is 2.76 bits per heavy atom. The predicted molar refractivity (Wildman–Crippen MR) is 90.8 cm³/mol. The number of pyridine rings is 2. The lowest BCUT2D eigenvalue weighted by atomic mass is 10.3. The predicted octanol–water partition coefficient (Wildman–Crippen LogP) is 3.27. The summed E-state index contributed by atoms with van der Waals surface area (Å²) in [5.41, 5.74) is 2.21. The van der Waals surface area contributed by atoms with Crippen molar-refractivity contribution in [2.75, 3.05) is 0 Å². The van der Waals surface area contributed by atoms with Gasteiger partial charge in [-0.1, -0.05) is 6.07 Å². The van der Waals surface area contributed by atoms with E-state index in [9.17, 15) is 4.39 Å². The van der Waals surface area contributed by atoms with Gasteiger partial charge < -0.3 is 0 Å². The third kappa shape index (κ3) is 2.17. The first-order chi connectivity index (χ1) is 12.3. The lowest BCUT2D eigenvalue weighted by Crippen LogP contribution is -2.06. The lowest BCUT2D eigenvalue weighted by Gasteiger charge is -2.09. The molecule has 7 heteroatoms. The van der Waals surface area contributed by atoms with Crippen LogP contribution in [0.25, 0.3) is 33.8 Å². The first kappa shape index (κ1) is 13.8. The SMILES string of the molecule is Fc1cccc(-c2nc(-n3ccc4cnccc43)c3cccn3n2)n1. The number of hydrogen-bond acceptors (Lipinski definition) is 4. The average Bonchev–Trinajstić information content (AvgIpc) is 3.27. The van der Waals surface area contributed by atoms with Crippen LogP contribution in [0.1, 0.15) is 0 Å². The molecule has 0 fully saturated rings. The van der Waals surface area contributed by atoms with Crippen LogP contribution in [-0.2, 0) is 0 Å². The van der Waals surface area contributed by atoms with Gasteiger partial charge in [-0.05, 0) is 36.4 Å². The zero-order valence-electron chi connectivity index (χ0n) is 12.9. The third-order valence-corrected chi connectivity index (χ3v) is 4.03. The smallest absolute Gasteiger partial charge is 0.213 e. The molecule has 0 saturated heterocycles. The van der Waals surface area contributed by atoms with Crippen LogP contribution in [-0.4, -0.2) is 29.1 Å². The Bertz CT molecular complexity index is 1220. The van der Waals surface area contributed by atoms with E-state index in [1.807, 2.05) is 41.2 Å². The van der Waals surface area contributed by atoms with Gasteiger partial charge in [0.05, 0.1) is 5.52 Å². The number of rotatable bonds is 2. The van der Waals surface area contributed by atoms with Gasteiger partial charge in [0, 0.05) is 30.2 Å². The largest absolute Gasteiger partial charge is 0.299 e. The molecule has 25 heavy (non-hydrogen) atoms. The van der Waals surface area contributed by atoms with E-state index in [2.05, 4.69) is 20.1 Å². The second kappa shape index (κ2) is 5.20. The average molecular weight is 330 g/mol. The van der Waals surface area contributed by atoms with Crippen LogP contribution in [0, 0.1) is 5.95 Å². The fraction of sp³-hybridized carbons (Fsp3) is 0. The third-order valence-electron chi connectivity index (χ3n) is 4.03. The highest BCUT2D eigenvalue weighted by atomic mass is 19.1. The maximum absolute atomic E-state index is 13.5. The van der Waals surface area contributed by atoms with Crippen LogP contribution in [0.4, 0.5) is 4.39 Å². The van der Waals surface area contributed by atoms with Crippen LogP contribution < -0.4 is 0 Å². The Hall–Kier alpha value is -3.61. The van der Waals surface area contributed by atoms with Crippen LogP contribution in [0.5, 0.6) is 0 Å². The Balaban J connectivity index is 1.82. The Morgan fingerprint density at radius 1 is 0.880 bits per heavy atom. The van der Waals surface area contributed by atoms with Crippen molar-refractivity contribution in [1.29, 1.82) is 0 Å². The molecule has 0 amide bonds. The standard InChI is InChI=1S/C18H11FN6/c19-16-5-1-3-13(21-16)17-22-18(15-4-2-9-25(15)23-17)24-10-7-12-11-20-8-6-14(12)24/h1-11H. The minimum atomic E-state index is -0.562. The molecule has 0 aliphatic carbocycles. The molecule has 0 aliphatic rings. The molecular formula is C18H11FN6. The van der Waals surface area contributed by atoms with Crippen molar-refractivity contribution in [3.05, 3.63) is 73.2 Å². The van der Waals surface area contributed by atoms with Crippen LogP contribution in [0.15, 0.2) is 67.3 Å². The summed E-state index contributed by atoms with van der Waals surface area (Å²) in [6.45, 7) is 0. The van der Waals surface area contributed by atoms with E-state index in [4.69, 9.17) is 0 Å². The Morgan fingerprint density at radius 2 is 1.84 bits per heavy atom. The van der Waals surface area contributed by atoms with Crippen LogP contribution >= 0.6 is 0 Å². The van der Waals surface area contributed by atoms with Gasteiger partial charge in [0.15, 0.2) is 5.82 Å². The van der Waals surface area contributed by atoms with E-state index >= 15 is 0 Å². The number of halogens is 1. The van der Waals surface area contributed by atoms with E-state index in [1.165, 1.54) is 6.07 Å². The highest BCUT2D eigenvalue weighted by molar-refractivity contribution is 5.82. The molecule has 0 N–H and O–H groups in total. The second-order valence-electron chi connectivity index (χ2n) is 5.56. The summed E-state index contributed by atoms with van der Waals surface area (Å²) in [5.74, 6) is 0.490. The van der Waals surface area contributed by atoms with Gasteiger partial charge in [0.25, 0.3) is 0 Å². The summed E-state index contributed by atoms with van der Waals surface area (Å²) in [7, 11) is 0. The molecule has 0 saturated carbocycles. The molecule has 0 aliphatic heterocycles. The van der Waals surface area contributed by atoms with E-state index in [1.54, 1.807) is 29.0 Å². The van der Waals surface area contributed by atoms with E-state index in [0.29, 0.717) is 17.3 Å². The fourth-order valence-electron chi connectivity index (χ4n) is 2.90. The summed E-state index contributed by atoms with van der Waals surface area (Å²) in [5, 5.41) is 5.46. The van der Waals surface area contributed by atoms with Crippen LogP contribution in [0.2, 0.25) is 0 Å². The van der Waals surface area contributed by atoms with Gasteiger partial charge >= 0.3 is 0 Å². The van der Waals surface area contributed by atoms with E-state index in [-0.39, 0.29) is 0 Å². The summed E-state index contributed by atoms with van der Waals surface area (Å²) in [6.07, 6.45) is 7.31. The van der Waals surface area contributed by atoms with Crippen molar-refractivity contribution in [3.63, 3.8) is 0 Å². The summed E-state index contributed by atoms with van der Waals surface area (Å²) in [4.78, 5) is 12.7. The number of nitrogens with zero attached hydrogens (tertiary/aromatic N) is 6. The molecule has 5 aromatic rings. The van der Waals surface area contributed by atoms with Gasteiger partial charge in [0.1, 0.15) is 11.2 Å². The minimum absolute atomic E-state index is 0.356. The van der Waals surface area contributed by atoms with Gasteiger partial charge in [0.2, 0.25) is 11.8 Å². The minimum Gasteiger partial charge on any atom is -0.299 e. The Labute approximate surface area is 141 Å². The van der Waals surface area contributed by atoms with Crippen molar-refractivity contribution in [2.24, 2.45) is 0 Å². The van der Waals surface area contributed by atoms with Gasteiger partial charge in [-0.15, -0.1) is 5.10 Å². The quantitative estimate of drug-likeness (QED) is 0.466. The maximum atomic E-state index is 13.5. The van der Waals surface area contributed by atoms with Gasteiger partial charge in [-0.2, -0.15) is 4.39 Å². The highest BCUT2D eigenvalue weighted by Crippen LogP contribution is 2.23. The molecule has 120 valence electrons. The second-order valence-corrected chi connectivity index (χ2v) is 5.56. The molecular weight excluding hydrogens is 319 g/mol. The van der Waals surface area contributed by atoms with Gasteiger partial charge in [-0.25, -0.2) is 14.5 Å². The highest BCUT2D eigenvalue weighted by Gasteiger charge is 2.14. The summed E-state index contributed by atoms with van der Waals surface area (Å²) in [6, 6.07) is 12.3. The summed E-state index contributed by atoms with van der Waals surface area (Å²) >= 11 is 0. The van der Waals surface area contributed by atoms with E-state index < -0.39 is 5.95 Å². The fourth-order valence-corrected chi connectivity index (χ4v) is 2.90. The molecule has 5 heterocycles. The van der Waals surface area contributed by atoms with Crippen molar-refractivity contribution in [2.45, 2.75) is 0 Å². The van der Waals surface area contributed by atoms with Gasteiger partial charge in [-0.3, -0.25) is 9.55 Å². The molecule has 5 aromatic heterocycles. The molecule has 0 aromatic carbocycles. The number of fused-ring (bicyclic) bond motifs is 2. The lowest BCUT2D eigenvalue weighted by molar-refractivity contribution is 0.584. The first-order valence-electron chi connectivity index (χ1n) is 7.69. The molecule has 0 spiro atoms. The van der Waals surface area contributed by atoms with Crippen molar-refractivity contribution in [3.8, 4) is 17.3 Å². The number of aromatic nitrogens is 6. The molecule has 6 nitrogen and oxygen atoms in total. The summed E-state index contributed by atoms with van der Waals surface area (Å²) < 4.78 is 17.2. The van der Waals surface area contributed by atoms with Crippen molar-refractivity contribution >= 4 is 16.4 Å². The molecule has 5 rings (SSSR count). The molecule has 0 atom stereocenters. The monoisotopic (exact) mass is 330 g/mol. The molecule has 0 unspecified atom stereocenters. The molecule has 0 bridgehead atoms. The Kier molecular flexibility index (Phi) is 2.87. The zero-order chi connectivity index (χ0) is 16.8. The normalized spacial score (nSPS) is 11.4. The van der Waals surface area contributed by atoms with Crippen LogP contribution in [0.3, 0.4) is 0 Å². The van der Waals surface area contributed by atoms with Crippen molar-refractivity contribution < 1.29 is 4.39 Å². The topological polar surface area (TPSA) is 60.9 Å². The first-order valence-corrected chi connectivity index (χ1v) is 7.69. The van der Waals surface area contributed by atoms with Crippen molar-refractivity contribution in [1.82, 2.24) is 29.1 Å².